The minimum absolute atomic E-state index is 0.00971. The molecule has 0 bridgehead atoms. The summed E-state index contributed by atoms with van der Waals surface area (Å²) >= 11 is 5.67. The van der Waals surface area contributed by atoms with E-state index in [9.17, 15) is 30.8 Å². The summed E-state index contributed by atoms with van der Waals surface area (Å²) in [5, 5.41) is 9.84. The molecule has 1 aliphatic carbocycles. The zero-order chi connectivity index (χ0) is 26.6. The highest BCUT2D eigenvalue weighted by atomic mass is 35.5. The largest absolute Gasteiger partial charge is 0.490 e. The van der Waals surface area contributed by atoms with Gasteiger partial charge in [-0.1, -0.05) is 37.6 Å². The van der Waals surface area contributed by atoms with Gasteiger partial charge in [0.2, 0.25) is 5.91 Å². The molecule has 3 N–H and O–H groups in total. The Morgan fingerprint density at radius 3 is 2.09 bits per heavy atom. The molecule has 0 heterocycles. The number of carbonyl (C=O) groups excluding carboxylic acids is 1. The monoisotopic (exact) mass is 538 g/mol. The van der Waals surface area contributed by atoms with E-state index < -0.39 is 33.4 Å². The van der Waals surface area contributed by atoms with E-state index in [4.69, 9.17) is 21.5 Å². The van der Waals surface area contributed by atoms with Crippen LogP contribution in [0, 0.1) is 11.7 Å². The lowest BCUT2D eigenvalue weighted by molar-refractivity contribution is -0.192. The van der Waals surface area contributed by atoms with Gasteiger partial charge in [-0.05, 0) is 54.7 Å². The zero-order valence-corrected chi connectivity index (χ0v) is 20.2. The maximum Gasteiger partial charge on any atom is 0.490 e. The summed E-state index contributed by atoms with van der Waals surface area (Å²) in [5.74, 6) is -3.06. The van der Waals surface area contributed by atoms with Crippen LogP contribution in [0.4, 0.5) is 23.2 Å². The molecule has 192 valence electrons. The van der Waals surface area contributed by atoms with Crippen LogP contribution in [0.15, 0.2) is 47.4 Å². The summed E-state index contributed by atoms with van der Waals surface area (Å²) in [6.07, 6.45) is -3.54. The number of hydrogen-bond acceptors (Lipinski definition) is 4. The second-order valence-electron chi connectivity index (χ2n) is 8.25. The molecule has 0 spiro atoms. The van der Waals surface area contributed by atoms with Gasteiger partial charge in [0.05, 0.1) is 15.3 Å². The third kappa shape index (κ3) is 7.56. The molecule has 0 saturated heterocycles. The Morgan fingerprint density at radius 1 is 1.11 bits per heavy atom. The fraction of sp³-hybridized carbons (Fsp3) is 0.364. The van der Waals surface area contributed by atoms with Crippen molar-refractivity contribution in [2.24, 2.45) is 5.92 Å². The summed E-state index contributed by atoms with van der Waals surface area (Å²) in [6, 6.07) is 9.98. The molecule has 1 amide bonds. The zero-order valence-electron chi connectivity index (χ0n) is 18.6. The first-order valence-corrected chi connectivity index (χ1v) is 12.1. The number of carboxylic acids is 1. The lowest BCUT2D eigenvalue weighted by Crippen LogP contribution is -2.36. The van der Waals surface area contributed by atoms with Crippen molar-refractivity contribution in [1.29, 1.82) is 0 Å². The molecule has 0 aliphatic heterocycles. The molecule has 1 saturated carbocycles. The summed E-state index contributed by atoms with van der Waals surface area (Å²) in [5.41, 5.74) is 0.695. The molecule has 1 fully saturated rings. The topological polar surface area (TPSA) is 113 Å². The number of carboxylic acid groups (broad SMARTS) is 1. The van der Waals surface area contributed by atoms with E-state index in [1.54, 1.807) is 24.3 Å². The quantitative estimate of drug-likeness (QED) is 0.442. The lowest BCUT2D eigenvalue weighted by Gasteiger charge is -2.17. The van der Waals surface area contributed by atoms with Crippen molar-refractivity contribution in [2.45, 2.75) is 43.2 Å². The minimum Gasteiger partial charge on any atom is -0.475 e. The van der Waals surface area contributed by atoms with Crippen LogP contribution in [0.3, 0.4) is 0 Å². The van der Waals surface area contributed by atoms with Gasteiger partial charge in [0, 0.05) is 12.2 Å². The van der Waals surface area contributed by atoms with Gasteiger partial charge in [0.1, 0.15) is 5.82 Å². The molecule has 7 nitrogen and oxygen atoms in total. The highest BCUT2D eigenvalue weighted by molar-refractivity contribution is 7.92. The fourth-order valence-corrected chi connectivity index (χ4v) is 4.28. The number of halogens is 5. The summed E-state index contributed by atoms with van der Waals surface area (Å²) < 4.78 is 72.4. The molecule has 1 aliphatic rings. The maximum absolute atomic E-state index is 13.3. The first-order valence-electron chi connectivity index (χ1n) is 10.3. The average Bonchev–Trinajstić information content (AvgIpc) is 3.56. The average molecular weight is 539 g/mol. The van der Waals surface area contributed by atoms with E-state index in [0.29, 0.717) is 18.2 Å². The van der Waals surface area contributed by atoms with E-state index in [1.807, 2.05) is 13.8 Å². The Balaban J connectivity index is 0.000000540. The van der Waals surface area contributed by atoms with Crippen molar-refractivity contribution >= 4 is 39.2 Å². The highest BCUT2D eigenvalue weighted by Gasteiger charge is 2.51. The molecule has 13 heteroatoms. The third-order valence-corrected chi connectivity index (χ3v) is 6.66. The Hall–Kier alpha value is -2.86. The van der Waals surface area contributed by atoms with Crippen LogP contribution >= 0.6 is 11.6 Å². The van der Waals surface area contributed by atoms with Crippen molar-refractivity contribution in [3.63, 3.8) is 0 Å². The second kappa shape index (κ2) is 10.8. The predicted octanol–water partition coefficient (Wildman–Crippen LogP) is 4.72. The van der Waals surface area contributed by atoms with Crippen molar-refractivity contribution in [2.75, 3.05) is 11.3 Å². The number of hydrogen-bond donors (Lipinski definition) is 3. The normalized spacial score (nSPS) is 14.5. The number of benzene rings is 2. The molecule has 3 rings (SSSR count). The number of rotatable bonds is 7. The highest BCUT2D eigenvalue weighted by Crippen LogP contribution is 2.48. The Labute approximate surface area is 204 Å². The lowest BCUT2D eigenvalue weighted by atomic mass is 9.94. The number of nitrogens with one attached hydrogen (secondary N) is 2. The summed E-state index contributed by atoms with van der Waals surface area (Å²) in [7, 11) is -3.90. The van der Waals surface area contributed by atoms with Crippen LogP contribution in [0.2, 0.25) is 5.02 Å². The molecule has 2 aromatic rings. The van der Waals surface area contributed by atoms with Crippen LogP contribution in [-0.4, -0.2) is 38.1 Å². The molecular formula is C22H23ClF4N2O5S. The van der Waals surface area contributed by atoms with Crippen molar-refractivity contribution < 1.29 is 40.7 Å². The molecule has 0 unspecified atom stereocenters. The molecule has 0 aromatic heterocycles. The predicted molar refractivity (Wildman–Crippen MR) is 121 cm³/mol. The van der Waals surface area contributed by atoms with E-state index in [2.05, 4.69) is 10.0 Å². The van der Waals surface area contributed by atoms with Crippen LogP contribution in [0.5, 0.6) is 0 Å². The second-order valence-corrected chi connectivity index (χ2v) is 10.3. The van der Waals surface area contributed by atoms with Crippen LogP contribution in [-0.2, 0) is 25.0 Å². The molecule has 35 heavy (non-hydrogen) atoms. The van der Waals surface area contributed by atoms with Crippen molar-refractivity contribution in [3.05, 3.63) is 58.9 Å². The van der Waals surface area contributed by atoms with E-state index in [-0.39, 0.29) is 15.8 Å². The minimum atomic E-state index is -5.08. The van der Waals surface area contributed by atoms with E-state index in [0.717, 1.165) is 36.6 Å². The van der Waals surface area contributed by atoms with Crippen LogP contribution in [0.1, 0.15) is 32.3 Å². The van der Waals surface area contributed by atoms with Crippen molar-refractivity contribution in [3.8, 4) is 0 Å². The molecule has 0 radical (unpaired) electrons. The molecule has 0 atom stereocenters. The van der Waals surface area contributed by atoms with E-state index >= 15 is 0 Å². The SMILES string of the molecule is CC(C)CNC(=O)C1(c2ccc(NS(=O)(=O)c3ccc(F)c(Cl)c3)cc2)CC1.O=C(O)C(F)(F)F. The number of carbonyl (C=O) groups is 2. The molecular weight excluding hydrogens is 516 g/mol. The fourth-order valence-electron chi connectivity index (χ4n) is 2.95. The Bertz CT molecular complexity index is 1180. The van der Waals surface area contributed by atoms with Gasteiger partial charge in [0.25, 0.3) is 10.0 Å². The number of alkyl halides is 3. The van der Waals surface area contributed by atoms with Gasteiger partial charge < -0.3 is 10.4 Å². The van der Waals surface area contributed by atoms with Crippen LogP contribution in [0.25, 0.3) is 0 Å². The van der Waals surface area contributed by atoms with Gasteiger partial charge in [-0.3, -0.25) is 9.52 Å². The number of anilines is 1. The van der Waals surface area contributed by atoms with Gasteiger partial charge >= 0.3 is 12.1 Å². The number of aliphatic carboxylic acids is 1. The van der Waals surface area contributed by atoms with Gasteiger partial charge in [0.15, 0.2) is 0 Å². The van der Waals surface area contributed by atoms with Crippen LogP contribution < -0.4 is 10.0 Å². The first-order chi connectivity index (χ1) is 16.1. The smallest absolute Gasteiger partial charge is 0.475 e. The van der Waals surface area contributed by atoms with Gasteiger partial charge in [-0.25, -0.2) is 17.6 Å². The van der Waals surface area contributed by atoms with E-state index in [1.165, 1.54) is 0 Å². The number of sulfonamides is 1. The number of amides is 1. The molecule has 2 aromatic carbocycles. The Kier molecular flexibility index (Phi) is 8.77. The standard InChI is InChI=1S/C20H22ClFN2O3S.C2HF3O2/c1-13(2)12-23-19(25)20(9-10-20)14-3-5-15(6-4-14)24-28(26,27)16-7-8-18(22)17(21)11-16;3-2(4,5)1(6)7/h3-8,11,13,24H,9-10,12H2,1-2H3,(H,23,25);(H,6,7). The Morgan fingerprint density at radius 2 is 1.66 bits per heavy atom. The van der Waals surface area contributed by atoms with Gasteiger partial charge in [-0.15, -0.1) is 0 Å². The summed E-state index contributed by atoms with van der Waals surface area (Å²) in [6.45, 7) is 4.70. The first kappa shape index (κ1) is 28.4. The maximum atomic E-state index is 13.3. The van der Waals surface area contributed by atoms with Crippen molar-refractivity contribution in [1.82, 2.24) is 5.32 Å². The summed E-state index contributed by atoms with van der Waals surface area (Å²) in [4.78, 5) is 21.3. The third-order valence-electron chi connectivity index (χ3n) is 4.99. The van der Waals surface area contributed by atoms with Gasteiger partial charge in [-0.2, -0.15) is 13.2 Å².